The molecule has 3 atom stereocenters. The lowest BCUT2D eigenvalue weighted by molar-refractivity contribution is -0.134. The van der Waals surface area contributed by atoms with Gasteiger partial charge in [-0.2, -0.15) is 0 Å². The van der Waals surface area contributed by atoms with Gasteiger partial charge in [-0.1, -0.05) is 43.2 Å². The van der Waals surface area contributed by atoms with Gasteiger partial charge in [0.05, 0.1) is 18.8 Å². The monoisotopic (exact) mass is 277 g/mol. The molecule has 0 saturated heterocycles. The number of nitrogens with one attached hydrogen (secondary N) is 1. The topological polar surface area (TPSA) is 58.6 Å². The van der Waals surface area contributed by atoms with Gasteiger partial charge in [0.1, 0.15) is 6.10 Å². The number of amides is 1. The van der Waals surface area contributed by atoms with Crippen LogP contribution in [0.15, 0.2) is 30.3 Å². The highest BCUT2D eigenvalue weighted by molar-refractivity contribution is 5.80. The van der Waals surface area contributed by atoms with Crippen molar-refractivity contribution in [3.63, 3.8) is 0 Å². The minimum Gasteiger partial charge on any atom is -0.391 e. The molecule has 1 aliphatic carbocycles. The van der Waals surface area contributed by atoms with Crippen LogP contribution in [0, 0.1) is 0 Å². The van der Waals surface area contributed by atoms with Gasteiger partial charge in [-0.15, -0.1) is 0 Å². The second-order valence-corrected chi connectivity index (χ2v) is 5.41. The predicted octanol–water partition coefficient (Wildman–Crippen LogP) is 2.01. The van der Waals surface area contributed by atoms with E-state index in [1.807, 2.05) is 30.3 Å². The zero-order chi connectivity index (χ0) is 14.4. The average Bonchev–Trinajstić information content (AvgIpc) is 2.48. The van der Waals surface area contributed by atoms with Gasteiger partial charge in [-0.05, 0) is 25.3 Å². The summed E-state index contributed by atoms with van der Waals surface area (Å²) in [6.07, 6.45) is 2.77. The van der Waals surface area contributed by atoms with Crippen LogP contribution in [0.3, 0.4) is 0 Å². The summed E-state index contributed by atoms with van der Waals surface area (Å²) in [5.74, 6) is -0.146. The van der Waals surface area contributed by atoms with Crippen molar-refractivity contribution in [1.82, 2.24) is 5.32 Å². The molecule has 1 aromatic rings. The fourth-order valence-electron chi connectivity index (χ4n) is 2.45. The smallest absolute Gasteiger partial charge is 0.249 e. The van der Waals surface area contributed by atoms with E-state index < -0.39 is 12.2 Å². The minimum atomic E-state index is -0.510. The highest BCUT2D eigenvalue weighted by atomic mass is 16.5. The number of benzene rings is 1. The van der Waals surface area contributed by atoms with Crippen molar-refractivity contribution >= 4 is 5.91 Å². The first-order valence-electron chi connectivity index (χ1n) is 7.31. The molecule has 4 heteroatoms. The third-order valence-corrected chi connectivity index (χ3v) is 3.77. The Balaban J connectivity index is 1.77. The second-order valence-electron chi connectivity index (χ2n) is 5.41. The van der Waals surface area contributed by atoms with E-state index in [1.54, 1.807) is 6.92 Å². The third-order valence-electron chi connectivity index (χ3n) is 3.77. The summed E-state index contributed by atoms with van der Waals surface area (Å²) < 4.78 is 5.57. The lowest BCUT2D eigenvalue weighted by Crippen LogP contribution is -2.48. The largest absolute Gasteiger partial charge is 0.391 e. The molecule has 0 heterocycles. The summed E-state index contributed by atoms with van der Waals surface area (Å²) in [5, 5.41) is 12.7. The number of hydrogen-bond donors (Lipinski definition) is 2. The first kappa shape index (κ1) is 15.0. The quantitative estimate of drug-likeness (QED) is 0.865. The van der Waals surface area contributed by atoms with E-state index in [9.17, 15) is 9.90 Å². The molecule has 110 valence electrons. The first-order chi connectivity index (χ1) is 9.66. The lowest BCUT2D eigenvalue weighted by atomic mass is 9.92. The van der Waals surface area contributed by atoms with Gasteiger partial charge >= 0.3 is 0 Å². The Morgan fingerprint density at radius 1 is 1.35 bits per heavy atom. The summed E-state index contributed by atoms with van der Waals surface area (Å²) in [4.78, 5) is 12.0. The maximum atomic E-state index is 12.0. The standard InChI is InChI=1S/C16H23NO3/c1-12(20-11-13-7-3-2-4-8-13)16(19)17-14-9-5-6-10-15(14)18/h2-4,7-8,12,14-15,18H,5-6,9-11H2,1H3,(H,17,19)/t12?,14-,15-/m0/s1. The van der Waals surface area contributed by atoms with Crippen LogP contribution in [-0.2, 0) is 16.1 Å². The Kier molecular flexibility index (Phi) is 5.56. The van der Waals surface area contributed by atoms with E-state index >= 15 is 0 Å². The fourth-order valence-corrected chi connectivity index (χ4v) is 2.45. The number of carbonyl (C=O) groups is 1. The minimum absolute atomic E-state index is 0.126. The third kappa shape index (κ3) is 4.32. The summed E-state index contributed by atoms with van der Waals surface area (Å²) in [5.41, 5.74) is 1.05. The molecule has 1 fully saturated rings. The van der Waals surface area contributed by atoms with E-state index in [1.165, 1.54) is 0 Å². The molecule has 20 heavy (non-hydrogen) atoms. The maximum absolute atomic E-state index is 12.0. The van der Waals surface area contributed by atoms with E-state index in [-0.39, 0.29) is 11.9 Å². The fraction of sp³-hybridized carbons (Fsp3) is 0.562. The van der Waals surface area contributed by atoms with Crippen molar-refractivity contribution < 1.29 is 14.6 Å². The average molecular weight is 277 g/mol. The molecule has 1 saturated carbocycles. The Morgan fingerprint density at radius 2 is 2.05 bits per heavy atom. The molecule has 2 rings (SSSR count). The molecule has 0 aromatic heterocycles. The van der Waals surface area contributed by atoms with E-state index in [4.69, 9.17) is 4.74 Å². The van der Waals surface area contributed by atoms with Crippen LogP contribution in [-0.4, -0.2) is 29.3 Å². The van der Waals surface area contributed by atoms with Gasteiger partial charge in [0.25, 0.3) is 0 Å². The van der Waals surface area contributed by atoms with Crippen molar-refractivity contribution in [2.75, 3.05) is 0 Å². The summed E-state index contributed by atoms with van der Waals surface area (Å²) in [6, 6.07) is 9.65. The Labute approximate surface area is 120 Å². The SMILES string of the molecule is CC(OCc1ccccc1)C(=O)N[C@H]1CCCC[C@@H]1O. The summed E-state index contributed by atoms with van der Waals surface area (Å²) in [7, 11) is 0. The van der Waals surface area contributed by atoms with Crippen molar-refractivity contribution in [3.05, 3.63) is 35.9 Å². The molecule has 0 radical (unpaired) electrons. The molecule has 1 aromatic carbocycles. The number of hydrogen-bond acceptors (Lipinski definition) is 3. The molecule has 0 aliphatic heterocycles. The van der Waals surface area contributed by atoms with Crippen molar-refractivity contribution in [2.24, 2.45) is 0 Å². The number of rotatable bonds is 5. The molecular formula is C16H23NO3. The number of ether oxygens (including phenoxy) is 1. The molecule has 2 N–H and O–H groups in total. The van der Waals surface area contributed by atoms with E-state index in [2.05, 4.69) is 5.32 Å². The molecule has 1 unspecified atom stereocenters. The van der Waals surface area contributed by atoms with Gasteiger partial charge in [0, 0.05) is 0 Å². The molecule has 1 aliphatic rings. The van der Waals surface area contributed by atoms with Crippen LogP contribution >= 0.6 is 0 Å². The Bertz CT molecular complexity index is 421. The predicted molar refractivity (Wildman–Crippen MR) is 77.1 cm³/mol. The van der Waals surface area contributed by atoms with E-state index in [0.29, 0.717) is 6.61 Å². The van der Waals surface area contributed by atoms with Crippen LogP contribution in [0.2, 0.25) is 0 Å². The van der Waals surface area contributed by atoms with Crippen molar-refractivity contribution in [3.8, 4) is 0 Å². The Hall–Kier alpha value is -1.39. The van der Waals surface area contributed by atoms with Crippen LogP contribution in [0.25, 0.3) is 0 Å². The van der Waals surface area contributed by atoms with Gasteiger partial charge in [-0.25, -0.2) is 0 Å². The molecule has 4 nitrogen and oxygen atoms in total. The maximum Gasteiger partial charge on any atom is 0.249 e. The zero-order valence-corrected chi connectivity index (χ0v) is 11.9. The van der Waals surface area contributed by atoms with Gasteiger partial charge in [0.2, 0.25) is 5.91 Å². The normalized spacial score (nSPS) is 24.1. The van der Waals surface area contributed by atoms with Crippen molar-refractivity contribution in [1.29, 1.82) is 0 Å². The van der Waals surface area contributed by atoms with Crippen molar-refractivity contribution in [2.45, 2.75) is 57.5 Å². The van der Waals surface area contributed by atoms with E-state index in [0.717, 1.165) is 31.2 Å². The number of aliphatic hydroxyl groups is 1. The molecule has 0 bridgehead atoms. The highest BCUT2D eigenvalue weighted by Gasteiger charge is 2.26. The molecular weight excluding hydrogens is 254 g/mol. The highest BCUT2D eigenvalue weighted by Crippen LogP contribution is 2.18. The van der Waals surface area contributed by atoms with Gasteiger partial charge in [0.15, 0.2) is 0 Å². The summed E-state index contributed by atoms with van der Waals surface area (Å²) >= 11 is 0. The van der Waals surface area contributed by atoms with Crippen LogP contribution in [0.1, 0.15) is 38.2 Å². The Morgan fingerprint density at radius 3 is 2.75 bits per heavy atom. The van der Waals surface area contributed by atoms with Crippen LogP contribution in [0.4, 0.5) is 0 Å². The van der Waals surface area contributed by atoms with Gasteiger partial charge < -0.3 is 15.2 Å². The number of carbonyl (C=O) groups excluding carboxylic acids is 1. The number of aliphatic hydroxyl groups excluding tert-OH is 1. The second kappa shape index (κ2) is 7.41. The van der Waals surface area contributed by atoms with Crippen LogP contribution in [0.5, 0.6) is 0 Å². The van der Waals surface area contributed by atoms with Crippen LogP contribution < -0.4 is 5.32 Å². The zero-order valence-electron chi connectivity index (χ0n) is 11.9. The molecule has 0 spiro atoms. The van der Waals surface area contributed by atoms with Gasteiger partial charge in [-0.3, -0.25) is 4.79 Å². The molecule has 1 amide bonds. The summed E-state index contributed by atoms with van der Waals surface area (Å²) in [6.45, 7) is 2.16. The lowest BCUT2D eigenvalue weighted by Gasteiger charge is -2.29. The first-order valence-corrected chi connectivity index (χ1v) is 7.31.